The maximum absolute atomic E-state index is 8.34. The molecule has 0 fully saturated rings. The van der Waals surface area contributed by atoms with Crippen molar-refractivity contribution in [3.05, 3.63) is 78.2 Å². The van der Waals surface area contributed by atoms with Crippen LogP contribution in [0.25, 0.3) is 0 Å². The Hall–Kier alpha value is -1.01. The fourth-order valence-corrected chi connectivity index (χ4v) is 1.29. The van der Waals surface area contributed by atoms with Gasteiger partial charge in [-0.1, -0.05) is 36.4 Å². The molecule has 0 saturated carbocycles. The van der Waals surface area contributed by atoms with E-state index in [1.54, 1.807) is 0 Å². The van der Waals surface area contributed by atoms with Crippen LogP contribution in [-0.4, -0.2) is 0 Å². The zero-order valence-electron chi connectivity index (χ0n) is 8.26. The van der Waals surface area contributed by atoms with Gasteiger partial charge in [0.2, 0.25) is 0 Å². The maximum Gasteiger partial charge on any atom is -0.0771 e. The predicted molar refractivity (Wildman–Crippen MR) is 56.1 cm³/mol. The van der Waals surface area contributed by atoms with E-state index in [1.807, 2.05) is 12.1 Å². The molecule has 0 N–H and O–H groups in total. The summed E-state index contributed by atoms with van der Waals surface area (Å²) >= 11 is 0.300. The van der Waals surface area contributed by atoms with Crippen LogP contribution in [0, 0.1) is 6.42 Å². The van der Waals surface area contributed by atoms with Gasteiger partial charge in [0.05, 0.1) is 0 Å². The van der Waals surface area contributed by atoms with E-state index in [0.29, 0.717) is 24.7 Å². The minimum atomic E-state index is 0.300. The molecule has 1 nitrogen and oxygen atoms in total. The molecule has 0 heterocycles. The molecule has 0 aliphatic carbocycles. The fraction of sp³-hybridized carbons (Fsp3) is 0. The zero-order valence-corrected chi connectivity index (χ0v) is 10.7. The van der Waals surface area contributed by atoms with E-state index < -0.39 is 0 Å². The first-order chi connectivity index (χ1) is 7.45. The second-order valence-corrected chi connectivity index (χ2v) is 2.97. The van der Waals surface area contributed by atoms with Gasteiger partial charge in [-0.05, 0) is 0 Å². The average Bonchev–Trinajstić information content (AvgIpc) is 2.34. The normalized spacial score (nSPS) is 8.47. The summed E-state index contributed by atoms with van der Waals surface area (Å²) in [4.78, 5) is 0. The van der Waals surface area contributed by atoms with E-state index in [-0.39, 0.29) is 0 Å². The molecule has 74 valence electrons. The number of hydrogen-bond acceptors (Lipinski definition) is 1. The van der Waals surface area contributed by atoms with Gasteiger partial charge < -0.3 is 0 Å². The summed E-state index contributed by atoms with van der Waals surface area (Å²) in [6.07, 6.45) is 2.17. The molecule has 0 aliphatic rings. The molecule has 0 atom stereocenters. The molecule has 0 aliphatic heterocycles. The number of hydrogen-bond donors (Lipinski definition) is 0. The van der Waals surface area contributed by atoms with E-state index in [9.17, 15) is 0 Å². The van der Waals surface area contributed by atoms with Gasteiger partial charge in [-0.15, -0.1) is 41.8 Å². The van der Waals surface area contributed by atoms with Crippen LogP contribution in [0.1, 0.15) is 11.1 Å². The monoisotopic (exact) mass is 273 g/mol. The SMILES string of the molecule is [O]=[Zr].c1ccc([CH-]c2ccccc2)cc1. The third-order valence-electron chi connectivity index (χ3n) is 1.93. The van der Waals surface area contributed by atoms with Gasteiger partial charge in [-0.3, -0.25) is 0 Å². The first-order valence-electron chi connectivity index (χ1n) is 4.60. The zero-order chi connectivity index (χ0) is 10.9. The molecule has 0 unspecified atom stereocenters. The van der Waals surface area contributed by atoms with E-state index in [2.05, 4.69) is 55.0 Å². The van der Waals surface area contributed by atoms with Gasteiger partial charge in [-0.25, -0.2) is 0 Å². The smallest absolute Gasteiger partial charge is 0.0771 e. The Morgan fingerprint density at radius 2 is 1.00 bits per heavy atom. The van der Waals surface area contributed by atoms with E-state index in [1.165, 1.54) is 11.1 Å². The van der Waals surface area contributed by atoms with Crippen LogP contribution in [0.4, 0.5) is 0 Å². The Morgan fingerprint density at radius 3 is 1.33 bits per heavy atom. The minimum absolute atomic E-state index is 0.300. The van der Waals surface area contributed by atoms with Crippen molar-refractivity contribution in [2.24, 2.45) is 0 Å². The van der Waals surface area contributed by atoms with E-state index in [4.69, 9.17) is 2.81 Å². The van der Waals surface area contributed by atoms with Crippen molar-refractivity contribution in [3.63, 3.8) is 0 Å². The van der Waals surface area contributed by atoms with Gasteiger partial charge in [0.15, 0.2) is 0 Å². The summed E-state index contributed by atoms with van der Waals surface area (Å²) in [6.45, 7) is 0. The molecular formula is C13H11OZr-. The Bertz CT molecular complexity index is 335. The molecule has 2 aromatic carbocycles. The standard InChI is InChI=1S/C13H11.O.Zr/c1-3-7-12(8-4-1)11-13-9-5-2-6-10-13;;/h1-11H;;/q-1;;. The molecule has 2 rings (SSSR count). The molecule has 0 spiro atoms. The maximum atomic E-state index is 8.34. The Kier molecular flexibility index (Phi) is 5.88. The van der Waals surface area contributed by atoms with Crippen molar-refractivity contribution in [2.45, 2.75) is 0 Å². The molecular weight excluding hydrogens is 263 g/mol. The van der Waals surface area contributed by atoms with Crippen molar-refractivity contribution in [1.82, 2.24) is 0 Å². The van der Waals surface area contributed by atoms with Crippen LogP contribution in [0.15, 0.2) is 60.7 Å². The second kappa shape index (κ2) is 7.31. The van der Waals surface area contributed by atoms with Crippen molar-refractivity contribution >= 4 is 0 Å². The van der Waals surface area contributed by atoms with E-state index >= 15 is 0 Å². The second-order valence-electron chi connectivity index (χ2n) is 2.97. The Morgan fingerprint density at radius 1 is 0.667 bits per heavy atom. The molecule has 2 aromatic rings. The number of benzene rings is 2. The number of rotatable bonds is 2. The fourth-order valence-electron chi connectivity index (χ4n) is 1.29. The quantitative estimate of drug-likeness (QED) is 0.769. The molecule has 0 radical (unpaired) electrons. The van der Waals surface area contributed by atoms with Gasteiger partial charge in [0.25, 0.3) is 0 Å². The summed E-state index contributed by atoms with van der Waals surface area (Å²) < 4.78 is 8.34. The Balaban J connectivity index is 0.000000531. The molecule has 0 amide bonds. The summed E-state index contributed by atoms with van der Waals surface area (Å²) in [5, 5.41) is 0. The van der Waals surface area contributed by atoms with Crippen molar-refractivity contribution < 1.29 is 27.5 Å². The van der Waals surface area contributed by atoms with E-state index in [0.717, 1.165) is 0 Å². The first kappa shape index (κ1) is 12.1. The van der Waals surface area contributed by atoms with Crippen LogP contribution in [0.3, 0.4) is 0 Å². The Labute approximate surface area is 105 Å². The summed E-state index contributed by atoms with van der Waals surface area (Å²) in [7, 11) is 0. The van der Waals surface area contributed by atoms with Gasteiger partial charge >= 0.3 is 27.5 Å². The molecule has 15 heavy (non-hydrogen) atoms. The van der Waals surface area contributed by atoms with Crippen LogP contribution in [0.5, 0.6) is 0 Å². The van der Waals surface area contributed by atoms with Gasteiger partial charge in [0, 0.05) is 0 Å². The minimum Gasteiger partial charge on any atom is -0.126 e. The third-order valence-corrected chi connectivity index (χ3v) is 1.93. The largest absolute Gasteiger partial charge is 0.126 e. The molecule has 0 bridgehead atoms. The predicted octanol–water partition coefficient (Wildman–Crippen LogP) is 3.17. The van der Waals surface area contributed by atoms with Crippen molar-refractivity contribution in [1.29, 1.82) is 0 Å². The molecule has 2 heteroatoms. The summed E-state index contributed by atoms with van der Waals surface area (Å²) in [6, 6.07) is 20.7. The third kappa shape index (κ3) is 4.35. The molecule has 0 saturated heterocycles. The van der Waals surface area contributed by atoms with Crippen LogP contribution in [-0.2, 0) is 27.5 Å². The van der Waals surface area contributed by atoms with Crippen LogP contribution in [0.2, 0.25) is 0 Å². The topological polar surface area (TPSA) is 17.1 Å². The first-order valence-corrected chi connectivity index (χ1v) is 5.61. The van der Waals surface area contributed by atoms with Gasteiger partial charge in [0.1, 0.15) is 0 Å². The summed E-state index contributed by atoms with van der Waals surface area (Å²) in [5.41, 5.74) is 2.49. The van der Waals surface area contributed by atoms with Gasteiger partial charge in [-0.2, -0.15) is 0 Å². The van der Waals surface area contributed by atoms with Crippen LogP contribution < -0.4 is 0 Å². The molecule has 0 aromatic heterocycles. The van der Waals surface area contributed by atoms with Crippen molar-refractivity contribution in [3.8, 4) is 0 Å². The van der Waals surface area contributed by atoms with Crippen LogP contribution >= 0.6 is 0 Å². The summed E-state index contributed by atoms with van der Waals surface area (Å²) in [5.74, 6) is 0. The van der Waals surface area contributed by atoms with Crippen molar-refractivity contribution in [2.75, 3.05) is 0 Å². The average molecular weight is 274 g/mol.